The van der Waals surface area contributed by atoms with Gasteiger partial charge >= 0.3 is 0 Å². The lowest BCUT2D eigenvalue weighted by molar-refractivity contribution is 0.482. The number of benzene rings is 2. The fourth-order valence-corrected chi connectivity index (χ4v) is 4.77. The van der Waals surface area contributed by atoms with Crippen LogP contribution in [0.2, 0.25) is 0 Å². The van der Waals surface area contributed by atoms with Gasteiger partial charge in [0.25, 0.3) is 10.0 Å². The van der Waals surface area contributed by atoms with Crippen molar-refractivity contribution in [2.24, 2.45) is 0 Å². The third-order valence-electron chi connectivity index (χ3n) is 5.54. The molecule has 5 rings (SSSR count). The van der Waals surface area contributed by atoms with E-state index >= 15 is 0 Å². The number of ether oxygens (including phenoxy) is 1. The van der Waals surface area contributed by atoms with Crippen LogP contribution in [0.3, 0.4) is 0 Å². The van der Waals surface area contributed by atoms with E-state index < -0.39 is 10.0 Å². The summed E-state index contributed by atoms with van der Waals surface area (Å²) >= 11 is 0. The smallest absolute Gasteiger partial charge is 0.261 e. The van der Waals surface area contributed by atoms with Crippen LogP contribution in [0.1, 0.15) is 0 Å². The molecule has 0 unspecified atom stereocenters. The number of nitrogens with zero attached hydrogens (tertiary/aromatic N) is 5. The van der Waals surface area contributed by atoms with Crippen molar-refractivity contribution < 1.29 is 13.2 Å². The zero-order valence-corrected chi connectivity index (χ0v) is 19.7. The van der Waals surface area contributed by atoms with Crippen LogP contribution in [0.4, 0.5) is 17.5 Å². The van der Waals surface area contributed by atoms with Gasteiger partial charge in [0, 0.05) is 32.4 Å². The topological polar surface area (TPSA) is 101 Å². The van der Waals surface area contributed by atoms with Crippen molar-refractivity contribution in [3.63, 3.8) is 0 Å². The molecule has 2 aromatic carbocycles. The van der Waals surface area contributed by atoms with Crippen LogP contribution in [0.25, 0.3) is 0 Å². The maximum atomic E-state index is 12.8. The lowest BCUT2D eigenvalue weighted by atomic mass is 10.3. The van der Waals surface area contributed by atoms with Crippen molar-refractivity contribution in [2.75, 3.05) is 40.7 Å². The summed E-state index contributed by atoms with van der Waals surface area (Å²) in [6, 6.07) is 21.4. The molecule has 0 radical (unpaired) electrons. The van der Waals surface area contributed by atoms with E-state index in [4.69, 9.17) is 4.74 Å². The van der Waals surface area contributed by atoms with Crippen LogP contribution in [0.5, 0.6) is 11.5 Å². The molecule has 1 N–H and O–H groups in total. The number of sulfonamides is 1. The minimum Gasteiger partial charge on any atom is -0.457 e. The molecule has 1 fully saturated rings. The molecule has 0 bridgehead atoms. The summed E-state index contributed by atoms with van der Waals surface area (Å²) in [6.07, 6.45) is 4.76. The molecule has 1 saturated heterocycles. The van der Waals surface area contributed by atoms with E-state index in [9.17, 15) is 8.42 Å². The molecular formula is C25H24N6O3S. The number of anilines is 3. The summed E-state index contributed by atoms with van der Waals surface area (Å²) in [5, 5.41) is 0. The van der Waals surface area contributed by atoms with E-state index in [-0.39, 0.29) is 4.90 Å². The first-order valence-electron chi connectivity index (χ1n) is 11.2. The number of nitrogens with one attached hydrogen (secondary N) is 1. The van der Waals surface area contributed by atoms with Crippen LogP contribution in [0.15, 0.2) is 96.3 Å². The molecule has 0 saturated carbocycles. The Balaban J connectivity index is 1.19. The lowest BCUT2D eigenvalue weighted by Gasteiger charge is -2.35. The molecule has 2 aromatic heterocycles. The molecule has 3 heterocycles. The van der Waals surface area contributed by atoms with Gasteiger partial charge in [-0.05, 0) is 48.5 Å². The Bertz CT molecular complexity index is 1340. The molecule has 0 atom stereocenters. The number of para-hydroxylation sites is 1. The Hall–Kier alpha value is -4.18. The summed E-state index contributed by atoms with van der Waals surface area (Å²) in [5.41, 5.74) is 0.297. The minimum absolute atomic E-state index is 0.118. The van der Waals surface area contributed by atoms with Gasteiger partial charge < -0.3 is 14.5 Å². The van der Waals surface area contributed by atoms with Crippen molar-refractivity contribution in [3.05, 3.63) is 91.4 Å². The largest absolute Gasteiger partial charge is 0.457 e. The highest BCUT2D eigenvalue weighted by Crippen LogP contribution is 2.24. The monoisotopic (exact) mass is 488 g/mol. The fraction of sp³-hybridized carbons (Fsp3) is 0.160. The molecule has 1 aliphatic heterocycles. The number of aromatic nitrogens is 3. The van der Waals surface area contributed by atoms with Gasteiger partial charge in [-0.1, -0.05) is 24.3 Å². The van der Waals surface area contributed by atoms with E-state index in [1.54, 1.807) is 18.3 Å². The average molecular weight is 489 g/mol. The normalized spacial score (nSPS) is 13.9. The second-order valence-electron chi connectivity index (χ2n) is 7.93. The fourth-order valence-electron chi connectivity index (χ4n) is 3.74. The van der Waals surface area contributed by atoms with E-state index in [1.807, 2.05) is 48.5 Å². The molecule has 35 heavy (non-hydrogen) atoms. The zero-order valence-electron chi connectivity index (χ0n) is 18.9. The number of hydrogen-bond acceptors (Lipinski definition) is 8. The predicted molar refractivity (Wildman–Crippen MR) is 134 cm³/mol. The average Bonchev–Trinajstić information content (AvgIpc) is 2.90. The van der Waals surface area contributed by atoms with Crippen LogP contribution >= 0.6 is 0 Å². The van der Waals surface area contributed by atoms with E-state index in [0.717, 1.165) is 32.0 Å². The van der Waals surface area contributed by atoms with Gasteiger partial charge in [0.15, 0.2) is 0 Å². The van der Waals surface area contributed by atoms with Gasteiger partial charge in [0.2, 0.25) is 5.95 Å². The van der Waals surface area contributed by atoms with E-state index in [1.165, 1.54) is 24.5 Å². The SMILES string of the molecule is O=S(=O)(Nc1cnc(N2CCN(c3ccccn3)CC2)nc1)c1ccc(Oc2ccccc2)cc1. The number of pyridine rings is 1. The maximum absolute atomic E-state index is 12.8. The van der Waals surface area contributed by atoms with Crippen molar-refractivity contribution in [2.45, 2.75) is 4.90 Å². The van der Waals surface area contributed by atoms with Gasteiger partial charge in [-0.2, -0.15) is 0 Å². The van der Waals surface area contributed by atoms with Crippen LogP contribution in [-0.4, -0.2) is 49.5 Å². The first-order chi connectivity index (χ1) is 17.1. The molecule has 9 nitrogen and oxygen atoms in total. The van der Waals surface area contributed by atoms with Crippen molar-refractivity contribution in [3.8, 4) is 11.5 Å². The maximum Gasteiger partial charge on any atom is 0.261 e. The Labute approximate surface area is 204 Å². The summed E-state index contributed by atoms with van der Waals surface area (Å²) in [4.78, 5) is 17.6. The molecular weight excluding hydrogens is 464 g/mol. The molecule has 1 aliphatic rings. The van der Waals surface area contributed by atoms with Gasteiger partial charge in [-0.25, -0.2) is 23.4 Å². The highest BCUT2D eigenvalue weighted by molar-refractivity contribution is 7.92. The highest BCUT2D eigenvalue weighted by atomic mass is 32.2. The zero-order chi connectivity index (χ0) is 24.1. The van der Waals surface area contributed by atoms with Gasteiger partial charge in [0.05, 0.1) is 23.0 Å². The summed E-state index contributed by atoms with van der Waals surface area (Å²) in [6.45, 7) is 3.11. The number of rotatable bonds is 7. The lowest BCUT2D eigenvalue weighted by Crippen LogP contribution is -2.47. The van der Waals surface area contributed by atoms with E-state index in [2.05, 4.69) is 29.5 Å². The first kappa shape index (κ1) is 22.6. The quantitative estimate of drug-likeness (QED) is 0.419. The summed E-state index contributed by atoms with van der Waals surface area (Å²) in [7, 11) is -3.79. The van der Waals surface area contributed by atoms with Gasteiger partial charge in [0.1, 0.15) is 17.3 Å². The Morgan fingerprint density at radius 1 is 0.714 bits per heavy atom. The minimum atomic E-state index is -3.79. The van der Waals surface area contributed by atoms with Gasteiger partial charge in [-0.3, -0.25) is 4.72 Å². The predicted octanol–water partition coefficient (Wildman–Crippen LogP) is 3.79. The Morgan fingerprint density at radius 3 is 2.00 bits per heavy atom. The molecule has 178 valence electrons. The molecule has 4 aromatic rings. The van der Waals surface area contributed by atoms with Gasteiger partial charge in [-0.15, -0.1) is 0 Å². The Morgan fingerprint density at radius 2 is 1.34 bits per heavy atom. The van der Waals surface area contributed by atoms with Crippen molar-refractivity contribution in [1.82, 2.24) is 15.0 Å². The van der Waals surface area contributed by atoms with Crippen LogP contribution < -0.4 is 19.3 Å². The second kappa shape index (κ2) is 9.98. The van der Waals surface area contributed by atoms with Crippen LogP contribution in [0, 0.1) is 0 Å². The highest BCUT2D eigenvalue weighted by Gasteiger charge is 2.20. The van der Waals surface area contributed by atoms with Crippen LogP contribution in [-0.2, 0) is 10.0 Å². The molecule has 0 spiro atoms. The number of piperazine rings is 1. The van der Waals surface area contributed by atoms with Crippen molar-refractivity contribution in [1.29, 1.82) is 0 Å². The first-order valence-corrected chi connectivity index (χ1v) is 12.6. The molecule has 10 heteroatoms. The standard InChI is InChI=1S/C25H24N6O3S/c32-35(33,23-11-9-22(10-12-23)34-21-6-2-1-3-7-21)29-20-18-27-25(28-19-20)31-16-14-30(15-17-31)24-8-4-5-13-26-24/h1-13,18-19,29H,14-17H2. The van der Waals surface area contributed by atoms with Crippen molar-refractivity contribution >= 4 is 27.5 Å². The molecule has 0 amide bonds. The Kier molecular flexibility index (Phi) is 6.44. The number of hydrogen-bond donors (Lipinski definition) is 1. The van der Waals surface area contributed by atoms with E-state index in [0.29, 0.717) is 23.1 Å². The molecule has 0 aliphatic carbocycles. The third-order valence-corrected chi connectivity index (χ3v) is 6.94. The second-order valence-corrected chi connectivity index (χ2v) is 9.61. The summed E-state index contributed by atoms with van der Waals surface area (Å²) < 4.78 is 33.9. The summed E-state index contributed by atoms with van der Waals surface area (Å²) in [5.74, 6) is 2.75. The third kappa shape index (κ3) is 5.49.